The fourth-order valence-electron chi connectivity index (χ4n) is 1.56. The molecule has 118 valence electrons. The summed E-state index contributed by atoms with van der Waals surface area (Å²) in [4.78, 5) is 11.5. The van der Waals surface area contributed by atoms with E-state index in [4.69, 9.17) is 5.73 Å². The van der Waals surface area contributed by atoms with E-state index in [2.05, 4.69) is 41.9 Å². The highest BCUT2D eigenvalue weighted by molar-refractivity contribution is 9.11. The number of hydrogen-bond donors (Lipinski definition) is 3. The van der Waals surface area contributed by atoms with Crippen LogP contribution in [0, 0.1) is 0 Å². The fourth-order valence-corrected chi connectivity index (χ4v) is 5.21. The van der Waals surface area contributed by atoms with E-state index in [1.807, 2.05) is 6.92 Å². The maximum Gasteiger partial charge on any atom is 0.242 e. The number of nitrogens with one attached hydrogen (secondary N) is 2. The van der Waals surface area contributed by atoms with E-state index in [1.165, 1.54) is 12.1 Å². The zero-order chi connectivity index (χ0) is 16.0. The number of anilines is 1. The Morgan fingerprint density at radius 2 is 1.81 bits per heavy atom. The van der Waals surface area contributed by atoms with Gasteiger partial charge in [-0.3, -0.25) is 4.79 Å². The molecule has 0 aliphatic carbocycles. The lowest BCUT2D eigenvalue weighted by Crippen LogP contribution is -2.31. The minimum absolute atomic E-state index is 0.0289. The van der Waals surface area contributed by atoms with Gasteiger partial charge in [-0.2, -0.15) is 0 Å². The van der Waals surface area contributed by atoms with Gasteiger partial charge in [0.1, 0.15) is 4.90 Å². The average molecular weight is 443 g/mol. The molecule has 0 fully saturated rings. The predicted molar refractivity (Wildman–Crippen MR) is 89.4 cm³/mol. The summed E-state index contributed by atoms with van der Waals surface area (Å²) in [5, 5.41) is 2.68. The van der Waals surface area contributed by atoms with Gasteiger partial charge in [0.2, 0.25) is 15.9 Å². The van der Waals surface area contributed by atoms with E-state index in [1.54, 1.807) is 0 Å². The second kappa shape index (κ2) is 8.11. The molecule has 0 saturated heterocycles. The Labute approximate surface area is 141 Å². The zero-order valence-corrected chi connectivity index (χ0v) is 15.4. The van der Waals surface area contributed by atoms with Crippen LogP contribution in [0.1, 0.15) is 19.8 Å². The van der Waals surface area contributed by atoms with E-state index in [0.29, 0.717) is 21.2 Å². The molecule has 1 amide bonds. The Kier molecular flexibility index (Phi) is 7.11. The highest BCUT2D eigenvalue weighted by Gasteiger charge is 2.21. The molecule has 0 atom stereocenters. The predicted octanol–water partition coefficient (Wildman–Crippen LogP) is 1.99. The summed E-state index contributed by atoms with van der Waals surface area (Å²) in [5.41, 5.74) is 6.07. The van der Waals surface area contributed by atoms with E-state index < -0.39 is 10.0 Å². The average Bonchev–Trinajstić information content (AvgIpc) is 2.34. The van der Waals surface area contributed by atoms with Crippen LogP contribution in [0.3, 0.4) is 0 Å². The molecule has 1 aromatic rings. The first kappa shape index (κ1) is 18.4. The lowest BCUT2D eigenvalue weighted by Gasteiger charge is -2.11. The Hall–Kier alpha value is -0.640. The first-order valence-electron chi connectivity index (χ1n) is 6.28. The molecule has 1 aromatic carbocycles. The van der Waals surface area contributed by atoms with Gasteiger partial charge in [0.25, 0.3) is 0 Å². The molecule has 1 rings (SSSR count). The Morgan fingerprint density at radius 3 is 2.33 bits per heavy atom. The molecule has 0 radical (unpaired) electrons. The molecule has 4 N–H and O–H groups in total. The highest BCUT2D eigenvalue weighted by Crippen LogP contribution is 2.32. The van der Waals surface area contributed by atoms with Crippen LogP contribution in [-0.4, -0.2) is 27.4 Å². The summed E-state index contributed by atoms with van der Waals surface area (Å²) in [7, 11) is -3.73. The Morgan fingerprint density at radius 1 is 1.24 bits per heavy atom. The van der Waals surface area contributed by atoms with Crippen molar-refractivity contribution in [3.05, 3.63) is 21.1 Å². The third-order valence-corrected chi connectivity index (χ3v) is 5.84. The smallest absolute Gasteiger partial charge is 0.242 e. The molecule has 6 nitrogen and oxygen atoms in total. The molecular weight excluding hydrogens is 426 g/mol. The number of amides is 1. The number of nitrogen functional groups attached to an aromatic ring is 1. The monoisotopic (exact) mass is 441 g/mol. The Balaban J connectivity index is 2.73. The molecule has 0 aromatic heterocycles. The Bertz CT molecular complexity index is 597. The van der Waals surface area contributed by atoms with Crippen molar-refractivity contribution in [3.63, 3.8) is 0 Å². The number of rotatable bonds is 7. The van der Waals surface area contributed by atoms with Crippen LogP contribution in [0.4, 0.5) is 5.69 Å². The van der Waals surface area contributed by atoms with Crippen LogP contribution in [0.15, 0.2) is 26.0 Å². The van der Waals surface area contributed by atoms with Gasteiger partial charge in [0.05, 0.1) is 0 Å². The second-order valence-electron chi connectivity index (χ2n) is 4.31. The van der Waals surface area contributed by atoms with Crippen LogP contribution in [0.5, 0.6) is 0 Å². The number of hydrogen-bond acceptors (Lipinski definition) is 4. The van der Waals surface area contributed by atoms with E-state index in [0.717, 1.165) is 6.42 Å². The van der Waals surface area contributed by atoms with Crippen molar-refractivity contribution < 1.29 is 13.2 Å². The zero-order valence-electron chi connectivity index (χ0n) is 11.4. The lowest BCUT2D eigenvalue weighted by atomic mass is 10.3. The maximum absolute atomic E-state index is 12.2. The largest absolute Gasteiger partial charge is 0.399 e. The number of benzene rings is 1. The molecule has 9 heteroatoms. The normalized spacial score (nSPS) is 11.4. The van der Waals surface area contributed by atoms with Gasteiger partial charge in [-0.1, -0.05) is 6.92 Å². The van der Waals surface area contributed by atoms with Crippen molar-refractivity contribution in [2.45, 2.75) is 24.7 Å². The molecular formula is C12H17Br2N3O3S. The van der Waals surface area contributed by atoms with Gasteiger partial charge in [-0.15, -0.1) is 0 Å². The van der Waals surface area contributed by atoms with E-state index in [9.17, 15) is 13.2 Å². The fraction of sp³-hybridized carbons (Fsp3) is 0.417. The number of halogens is 2. The summed E-state index contributed by atoms with van der Waals surface area (Å²) < 4.78 is 27.6. The summed E-state index contributed by atoms with van der Waals surface area (Å²) in [6.45, 7) is 2.56. The third kappa shape index (κ3) is 5.57. The van der Waals surface area contributed by atoms with E-state index >= 15 is 0 Å². The van der Waals surface area contributed by atoms with Crippen molar-refractivity contribution in [2.75, 3.05) is 18.8 Å². The molecule has 0 spiro atoms. The van der Waals surface area contributed by atoms with Crippen LogP contribution < -0.4 is 15.8 Å². The van der Waals surface area contributed by atoms with Crippen molar-refractivity contribution >= 4 is 53.5 Å². The summed E-state index contributed by atoms with van der Waals surface area (Å²) in [6.07, 6.45) is 0.923. The topological polar surface area (TPSA) is 101 Å². The molecule has 0 unspecified atom stereocenters. The van der Waals surface area contributed by atoms with Crippen LogP contribution >= 0.6 is 31.9 Å². The van der Waals surface area contributed by atoms with Gasteiger partial charge in [0.15, 0.2) is 0 Å². The molecule has 0 heterocycles. The minimum atomic E-state index is -3.73. The first-order valence-corrected chi connectivity index (χ1v) is 9.35. The maximum atomic E-state index is 12.2. The van der Waals surface area contributed by atoms with E-state index in [-0.39, 0.29) is 23.8 Å². The number of carbonyl (C=O) groups is 1. The van der Waals surface area contributed by atoms with Crippen LogP contribution in [-0.2, 0) is 14.8 Å². The van der Waals surface area contributed by atoms with Gasteiger partial charge < -0.3 is 11.1 Å². The molecule has 0 bridgehead atoms. The summed E-state index contributed by atoms with van der Waals surface area (Å²) >= 11 is 6.36. The highest BCUT2D eigenvalue weighted by atomic mass is 79.9. The number of sulfonamides is 1. The van der Waals surface area contributed by atoms with Gasteiger partial charge in [-0.25, -0.2) is 13.1 Å². The van der Waals surface area contributed by atoms with Crippen molar-refractivity contribution in [1.82, 2.24) is 10.0 Å². The molecule has 0 saturated carbocycles. The van der Waals surface area contributed by atoms with Gasteiger partial charge in [-0.05, 0) is 50.4 Å². The molecule has 0 aliphatic rings. The van der Waals surface area contributed by atoms with Gasteiger partial charge in [0, 0.05) is 34.1 Å². The van der Waals surface area contributed by atoms with Crippen molar-refractivity contribution in [1.29, 1.82) is 0 Å². The SMILES string of the molecule is CCCNC(=O)CCNS(=O)(=O)c1c(Br)cc(N)cc1Br. The quantitative estimate of drug-likeness (QED) is 0.562. The van der Waals surface area contributed by atoms with Gasteiger partial charge >= 0.3 is 0 Å². The first-order chi connectivity index (χ1) is 9.77. The molecule has 21 heavy (non-hydrogen) atoms. The lowest BCUT2D eigenvalue weighted by molar-refractivity contribution is -0.120. The van der Waals surface area contributed by atoms with Crippen molar-refractivity contribution in [3.8, 4) is 0 Å². The summed E-state index contributed by atoms with van der Waals surface area (Å²) in [6, 6.07) is 3.01. The number of carbonyl (C=O) groups excluding carboxylic acids is 1. The summed E-state index contributed by atoms with van der Waals surface area (Å²) in [5.74, 6) is -0.185. The van der Waals surface area contributed by atoms with Crippen LogP contribution in [0.2, 0.25) is 0 Å². The van der Waals surface area contributed by atoms with Crippen molar-refractivity contribution in [2.24, 2.45) is 0 Å². The number of nitrogens with two attached hydrogens (primary N) is 1. The third-order valence-electron chi connectivity index (χ3n) is 2.51. The molecule has 0 aliphatic heterocycles. The minimum Gasteiger partial charge on any atom is -0.399 e. The standard InChI is InChI=1S/C12H17Br2N3O3S/c1-2-4-16-11(18)3-5-17-21(19,20)12-9(13)6-8(15)7-10(12)14/h6-7,17H,2-5,15H2,1H3,(H,16,18). The second-order valence-corrected chi connectivity index (χ2v) is 7.72. The van der Waals surface area contributed by atoms with Crippen LogP contribution in [0.25, 0.3) is 0 Å².